The van der Waals surface area contributed by atoms with Crippen molar-refractivity contribution in [2.45, 2.75) is 6.42 Å². The Kier molecular flexibility index (Phi) is 3.67. The van der Waals surface area contributed by atoms with E-state index >= 15 is 0 Å². The minimum absolute atomic E-state index is 0.489. The van der Waals surface area contributed by atoms with Crippen molar-refractivity contribution in [2.75, 3.05) is 6.54 Å². The standard InChI is InChI=1S/C18H15F2N/c19-15-9-14(10-16(20)11-15)18-13(7-8-21)6-5-12-3-1-2-4-17(12)18/h1-6,9-11H,7-8,21H2. The van der Waals surface area contributed by atoms with Crippen LogP contribution in [0, 0.1) is 11.6 Å². The number of benzene rings is 3. The van der Waals surface area contributed by atoms with Gasteiger partial charge in [-0.2, -0.15) is 0 Å². The molecular formula is C18H15F2N. The molecule has 0 unspecified atom stereocenters. The van der Waals surface area contributed by atoms with Crippen molar-refractivity contribution in [3.8, 4) is 11.1 Å². The van der Waals surface area contributed by atoms with E-state index in [1.807, 2.05) is 36.4 Å². The van der Waals surface area contributed by atoms with Crippen LogP contribution in [-0.4, -0.2) is 6.54 Å². The highest BCUT2D eigenvalue weighted by atomic mass is 19.1. The molecule has 106 valence electrons. The predicted molar refractivity (Wildman–Crippen MR) is 82.1 cm³/mol. The first-order valence-electron chi connectivity index (χ1n) is 6.86. The molecule has 3 aromatic carbocycles. The quantitative estimate of drug-likeness (QED) is 0.762. The largest absolute Gasteiger partial charge is 0.330 e. The molecule has 0 spiro atoms. The average Bonchev–Trinajstić information content (AvgIpc) is 2.46. The molecule has 0 saturated heterocycles. The third-order valence-electron chi connectivity index (χ3n) is 3.58. The first-order chi connectivity index (χ1) is 10.2. The fourth-order valence-electron chi connectivity index (χ4n) is 2.72. The third-order valence-corrected chi connectivity index (χ3v) is 3.58. The molecule has 21 heavy (non-hydrogen) atoms. The number of halogens is 2. The molecule has 2 N–H and O–H groups in total. The highest BCUT2D eigenvalue weighted by Crippen LogP contribution is 2.33. The molecule has 0 heterocycles. The van der Waals surface area contributed by atoms with Crippen LogP contribution in [-0.2, 0) is 6.42 Å². The van der Waals surface area contributed by atoms with Gasteiger partial charge in [0, 0.05) is 6.07 Å². The molecule has 1 nitrogen and oxygen atoms in total. The van der Waals surface area contributed by atoms with E-state index in [9.17, 15) is 8.78 Å². The lowest BCUT2D eigenvalue weighted by atomic mass is 9.92. The van der Waals surface area contributed by atoms with Crippen LogP contribution in [0.4, 0.5) is 8.78 Å². The van der Waals surface area contributed by atoms with Crippen molar-refractivity contribution in [1.29, 1.82) is 0 Å². The molecule has 0 fully saturated rings. The first-order valence-corrected chi connectivity index (χ1v) is 6.86. The topological polar surface area (TPSA) is 26.0 Å². The van der Waals surface area contributed by atoms with Crippen LogP contribution in [0.2, 0.25) is 0 Å². The van der Waals surface area contributed by atoms with Crippen LogP contribution < -0.4 is 5.73 Å². The SMILES string of the molecule is NCCc1ccc2ccccc2c1-c1cc(F)cc(F)c1. The summed E-state index contributed by atoms with van der Waals surface area (Å²) in [7, 11) is 0. The lowest BCUT2D eigenvalue weighted by Crippen LogP contribution is -2.04. The Morgan fingerprint density at radius 2 is 1.57 bits per heavy atom. The van der Waals surface area contributed by atoms with Crippen molar-refractivity contribution in [3.63, 3.8) is 0 Å². The Morgan fingerprint density at radius 3 is 2.29 bits per heavy atom. The summed E-state index contributed by atoms with van der Waals surface area (Å²) in [5.74, 6) is -1.15. The van der Waals surface area contributed by atoms with Gasteiger partial charge in [0.05, 0.1) is 0 Å². The van der Waals surface area contributed by atoms with Crippen molar-refractivity contribution < 1.29 is 8.78 Å². The van der Waals surface area contributed by atoms with Crippen LogP contribution in [0.25, 0.3) is 21.9 Å². The second-order valence-electron chi connectivity index (χ2n) is 5.02. The van der Waals surface area contributed by atoms with Gasteiger partial charge in [-0.1, -0.05) is 36.4 Å². The molecule has 0 aliphatic heterocycles. The van der Waals surface area contributed by atoms with E-state index in [4.69, 9.17) is 5.73 Å². The van der Waals surface area contributed by atoms with Gasteiger partial charge in [-0.25, -0.2) is 8.78 Å². The third kappa shape index (κ3) is 2.65. The molecule has 0 aliphatic carbocycles. The second-order valence-corrected chi connectivity index (χ2v) is 5.02. The molecule has 0 aliphatic rings. The van der Waals surface area contributed by atoms with E-state index in [-0.39, 0.29) is 0 Å². The Morgan fingerprint density at radius 1 is 0.857 bits per heavy atom. The van der Waals surface area contributed by atoms with Crippen molar-refractivity contribution in [3.05, 3.63) is 71.8 Å². The maximum absolute atomic E-state index is 13.6. The van der Waals surface area contributed by atoms with Gasteiger partial charge in [-0.15, -0.1) is 0 Å². The summed E-state index contributed by atoms with van der Waals surface area (Å²) in [5, 5.41) is 2.02. The van der Waals surface area contributed by atoms with Gasteiger partial charge in [0.1, 0.15) is 11.6 Å². The molecule has 0 bridgehead atoms. The lowest BCUT2D eigenvalue weighted by Gasteiger charge is -2.13. The molecule has 0 atom stereocenters. The minimum atomic E-state index is -0.573. The summed E-state index contributed by atoms with van der Waals surface area (Å²) < 4.78 is 27.1. The van der Waals surface area contributed by atoms with E-state index in [1.165, 1.54) is 12.1 Å². The molecule has 3 rings (SSSR count). The molecular weight excluding hydrogens is 268 g/mol. The van der Waals surface area contributed by atoms with Gasteiger partial charge in [-0.3, -0.25) is 0 Å². The maximum atomic E-state index is 13.6. The van der Waals surface area contributed by atoms with E-state index in [0.29, 0.717) is 18.5 Å². The first kappa shape index (κ1) is 13.7. The zero-order valence-corrected chi connectivity index (χ0v) is 11.4. The van der Waals surface area contributed by atoms with E-state index in [1.54, 1.807) is 0 Å². The molecule has 3 aromatic rings. The molecule has 0 saturated carbocycles. The van der Waals surface area contributed by atoms with Crippen molar-refractivity contribution in [1.82, 2.24) is 0 Å². The summed E-state index contributed by atoms with van der Waals surface area (Å²) in [6.45, 7) is 0.489. The van der Waals surface area contributed by atoms with E-state index in [0.717, 1.165) is 28.0 Å². The Labute approximate surface area is 122 Å². The van der Waals surface area contributed by atoms with Gasteiger partial charge in [0.15, 0.2) is 0 Å². The van der Waals surface area contributed by atoms with Gasteiger partial charge >= 0.3 is 0 Å². The minimum Gasteiger partial charge on any atom is -0.330 e. The van der Waals surface area contributed by atoms with Crippen LogP contribution in [0.3, 0.4) is 0 Å². The van der Waals surface area contributed by atoms with Gasteiger partial charge < -0.3 is 5.73 Å². The highest BCUT2D eigenvalue weighted by molar-refractivity contribution is 5.98. The maximum Gasteiger partial charge on any atom is 0.126 e. The highest BCUT2D eigenvalue weighted by Gasteiger charge is 2.11. The number of nitrogens with two attached hydrogens (primary N) is 1. The normalized spacial score (nSPS) is 11.0. The Hall–Kier alpha value is -2.26. The van der Waals surface area contributed by atoms with Gasteiger partial charge in [0.25, 0.3) is 0 Å². The van der Waals surface area contributed by atoms with Crippen LogP contribution >= 0.6 is 0 Å². The average molecular weight is 283 g/mol. The van der Waals surface area contributed by atoms with Gasteiger partial charge in [-0.05, 0) is 52.6 Å². The summed E-state index contributed by atoms with van der Waals surface area (Å²) >= 11 is 0. The molecule has 0 radical (unpaired) electrons. The number of hydrogen-bond donors (Lipinski definition) is 1. The van der Waals surface area contributed by atoms with Crippen LogP contribution in [0.5, 0.6) is 0 Å². The molecule has 0 amide bonds. The zero-order chi connectivity index (χ0) is 14.8. The van der Waals surface area contributed by atoms with Crippen LogP contribution in [0.1, 0.15) is 5.56 Å². The fraction of sp³-hybridized carbons (Fsp3) is 0.111. The summed E-state index contributed by atoms with van der Waals surface area (Å²) in [6, 6.07) is 15.4. The Balaban J connectivity index is 2.34. The summed E-state index contributed by atoms with van der Waals surface area (Å²) in [4.78, 5) is 0. The fourth-order valence-corrected chi connectivity index (χ4v) is 2.72. The molecule has 3 heteroatoms. The van der Waals surface area contributed by atoms with E-state index in [2.05, 4.69) is 0 Å². The number of hydrogen-bond acceptors (Lipinski definition) is 1. The lowest BCUT2D eigenvalue weighted by molar-refractivity contribution is 0.584. The van der Waals surface area contributed by atoms with Gasteiger partial charge in [0.2, 0.25) is 0 Å². The molecule has 0 aromatic heterocycles. The van der Waals surface area contributed by atoms with Crippen molar-refractivity contribution >= 4 is 10.8 Å². The second kappa shape index (κ2) is 5.62. The zero-order valence-electron chi connectivity index (χ0n) is 11.4. The van der Waals surface area contributed by atoms with Crippen molar-refractivity contribution in [2.24, 2.45) is 5.73 Å². The van der Waals surface area contributed by atoms with Crippen LogP contribution in [0.15, 0.2) is 54.6 Å². The predicted octanol–water partition coefficient (Wildman–Crippen LogP) is 4.29. The Bertz CT molecular complexity index is 776. The monoisotopic (exact) mass is 283 g/mol. The number of rotatable bonds is 3. The summed E-state index contributed by atoms with van der Waals surface area (Å²) in [5.41, 5.74) is 8.07. The number of fused-ring (bicyclic) bond motifs is 1. The summed E-state index contributed by atoms with van der Waals surface area (Å²) in [6.07, 6.45) is 0.665. The van der Waals surface area contributed by atoms with E-state index < -0.39 is 11.6 Å². The smallest absolute Gasteiger partial charge is 0.126 e.